The maximum atomic E-state index is 11.9. The monoisotopic (exact) mass is 272 g/mol. The van der Waals surface area contributed by atoms with Crippen LogP contribution in [-0.2, 0) is 25.6 Å². The number of carbonyl (C=O) groups is 3. The van der Waals surface area contributed by atoms with Crippen LogP contribution >= 0.6 is 0 Å². The Morgan fingerprint density at radius 1 is 1.56 bits per heavy atom. The molecular formula is C10H12N2O5S. The number of aliphatic carboxylic acids is 1. The van der Waals surface area contributed by atoms with E-state index in [0.29, 0.717) is 5.57 Å². The summed E-state index contributed by atoms with van der Waals surface area (Å²) in [6.45, 7) is 2.79. The average Bonchev–Trinajstić information content (AvgIpc) is 2.24. The van der Waals surface area contributed by atoms with Crippen LogP contribution in [0.2, 0.25) is 0 Å². The molecule has 0 aromatic rings. The van der Waals surface area contributed by atoms with Crippen LogP contribution in [0.5, 0.6) is 0 Å². The predicted octanol–water partition coefficient (Wildman–Crippen LogP) is -1.22. The molecule has 0 aromatic carbocycles. The normalized spacial score (nSPS) is 30.7. The molecule has 2 heterocycles. The minimum Gasteiger partial charge on any atom is -0.614 e. The summed E-state index contributed by atoms with van der Waals surface area (Å²) in [4.78, 5) is 34.9. The third-order valence-corrected chi connectivity index (χ3v) is 4.62. The lowest BCUT2D eigenvalue weighted by Gasteiger charge is -2.48. The molecule has 0 saturated carbocycles. The number of carboxylic acids is 1. The number of β-lactam (4-membered cyclic amide) rings is 1. The van der Waals surface area contributed by atoms with E-state index in [9.17, 15) is 18.9 Å². The van der Waals surface area contributed by atoms with Crippen molar-refractivity contribution >= 4 is 29.0 Å². The van der Waals surface area contributed by atoms with Gasteiger partial charge in [-0.05, 0) is 18.1 Å². The number of nitrogens with one attached hydrogen (secondary N) is 1. The number of carbonyl (C=O) groups excluding carboxylic acids is 2. The van der Waals surface area contributed by atoms with Gasteiger partial charge in [0.15, 0.2) is 6.04 Å². The lowest BCUT2D eigenvalue weighted by Crippen LogP contribution is -2.74. The summed E-state index contributed by atoms with van der Waals surface area (Å²) < 4.78 is 11.9. The van der Waals surface area contributed by atoms with Crippen LogP contribution in [0.4, 0.5) is 0 Å². The van der Waals surface area contributed by atoms with Crippen molar-refractivity contribution < 1.29 is 24.0 Å². The Hall–Kier alpha value is -1.54. The second kappa shape index (κ2) is 4.29. The Morgan fingerprint density at radius 2 is 2.17 bits per heavy atom. The van der Waals surface area contributed by atoms with E-state index in [0.717, 1.165) is 4.90 Å². The largest absolute Gasteiger partial charge is 0.614 e. The SMILES string of the molecule is CC(=O)NC1C(=O)N2C(C(=O)O)=C(C)C[S+]([O-])[C@H]12. The molecule has 18 heavy (non-hydrogen) atoms. The molecule has 0 aliphatic carbocycles. The first-order chi connectivity index (χ1) is 8.34. The summed E-state index contributed by atoms with van der Waals surface area (Å²) in [6, 6.07) is -0.884. The first-order valence-electron chi connectivity index (χ1n) is 5.25. The predicted molar refractivity (Wildman–Crippen MR) is 61.6 cm³/mol. The number of fused-ring (bicyclic) bond motifs is 1. The molecule has 0 spiro atoms. The van der Waals surface area contributed by atoms with Crippen LogP contribution in [0.3, 0.4) is 0 Å². The second-order valence-corrected chi connectivity index (χ2v) is 5.77. The molecule has 1 fully saturated rings. The lowest BCUT2D eigenvalue weighted by molar-refractivity contribution is -0.150. The molecule has 7 nitrogen and oxygen atoms in total. The summed E-state index contributed by atoms with van der Waals surface area (Å²) >= 11 is -1.39. The summed E-state index contributed by atoms with van der Waals surface area (Å²) in [5, 5.41) is 10.7. The molecule has 2 unspecified atom stereocenters. The van der Waals surface area contributed by atoms with Gasteiger partial charge in [-0.2, -0.15) is 0 Å². The number of hydrogen-bond acceptors (Lipinski definition) is 4. The van der Waals surface area contributed by atoms with Crippen LogP contribution in [-0.4, -0.2) is 49.5 Å². The molecule has 2 amide bonds. The molecular weight excluding hydrogens is 260 g/mol. The Balaban J connectivity index is 2.32. The van der Waals surface area contributed by atoms with E-state index in [1.54, 1.807) is 0 Å². The third kappa shape index (κ3) is 1.77. The Bertz CT molecular complexity index is 475. The van der Waals surface area contributed by atoms with Gasteiger partial charge in [0, 0.05) is 12.5 Å². The van der Waals surface area contributed by atoms with Crippen LogP contribution in [0.1, 0.15) is 13.8 Å². The van der Waals surface area contributed by atoms with E-state index in [2.05, 4.69) is 5.32 Å². The summed E-state index contributed by atoms with van der Waals surface area (Å²) in [6.07, 6.45) is 0. The highest BCUT2D eigenvalue weighted by atomic mass is 32.2. The highest BCUT2D eigenvalue weighted by Gasteiger charge is 2.60. The molecule has 8 heteroatoms. The van der Waals surface area contributed by atoms with Crippen molar-refractivity contribution in [2.75, 3.05) is 5.75 Å². The van der Waals surface area contributed by atoms with E-state index in [4.69, 9.17) is 5.11 Å². The van der Waals surface area contributed by atoms with Gasteiger partial charge < -0.3 is 15.0 Å². The number of hydrogen-bond donors (Lipinski definition) is 2. The zero-order chi connectivity index (χ0) is 13.6. The highest BCUT2D eigenvalue weighted by molar-refractivity contribution is 7.92. The molecule has 2 N–H and O–H groups in total. The molecule has 2 aliphatic heterocycles. The van der Waals surface area contributed by atoms with Crippen LogP contribution < -0.4 is 5.32 Å². The minimum atomic E-state index is -1.39. The number of amides is 2. The van der Waals surface area contributed by atoms with Gasteiger partial charge in [-0.1, -0.05) is 0 Å². The Kier molecular flexibility index (Phi) is 3.07. The van der Waals surface area contributed by atoms with Crippen molar-refractivity contribution in [3.63, 3.8) is 0 Å². The highest BCUT2D eigenvalue weighted by Crippen LogP contribution is 2.36. The number of rotatable bonds is 2. The summed E-state index contributed by atoms with van der Waals surface area (Å²) in [5.41, 5.74) is 0.290. The quantitative estimate of drug-likeness (QED) is 0.483. The van der Waals surface area contributed by atoms with Gasteiger partial charge >= 0.3 is 5.97 Å². The fourth-order valence-corrected chi connectivity index (χ4v) is 3.85. The van der Waals surface area contributed by atoms with E-state index < -0.39 is 40.4 Å². The van der Waals surface area contributed by atoms with Crippen LogP contribution in [0, 0.1) is 0 Å². The molecule has 0 aromatic heterocycles. The molecule has 1 saturated heterocycles. The van der Waals surface area contributed by atoms with Gasteiger partial charge in [0.05, 0.1) is 0 Å². The average molecular weight is 272 g/mol. The topological polar surface area (TPSA) is 110 Å². The number of carboxylic acid groups (broad SMARTS) is 1. The maximum Gasteiger partial charge on any atom is 0.352 e. The first-order valence-corrected chi connectivity index (χ1v) is 6.63. The molecule has 0 bridgehead atoms. The summed E-state index contributed by atoms with van der Waals surface area (Å²) in [7, 11) is 0. The van der Waals surface area contributed by atoms with Gasteiger partial charge in [0.2, 0.25) is 11.3 Å². The zero-order valence-electron chi connectivity index (χ0n) is 9.80. The van der Waals surface area contributed by atoms with Crippen molar-refractivity contribution in [1.29, 1.82) is 0 Å². The molecule has 3 atom stereocenters. The van der Waals surface area contributed by atoms with Crippen LogP contribution in [0.25, 0.3) is 0 Å². The maximum absolute atomic E-state index is 11.9. The lowest BCUT2D eigenvalue weighted by atomic mass is 10.0. The van der Waals surface area contributed by atoms with E-state index >= 15 is 0 Å². The fourth-order valence-electron chi connectivity index (χ4n) is 2.18. The van der Waals surface area contributed by atoms with E-state index in [1.165, 1.54) is 13.8 Å². The Labute approximate surface area is 106 Å². The second-order valence-electron chi connectivity index (χ2n) is 4.24. The molecule has 0 radical (unpaired) electrons. The van der Waals surface area contributed by atoms with Crippen molar-refractivity contribution in [1.82, 2.24) is 10.2 Å². The van der Waals surface area contributed by atoms with E-state index in [1.807, 2.05) is 0 Å². The first kappa shape index (κ1) is 12.9. The van der Waals surface area contributed by atoms with Gasteiger partial charge in [0.25, 0.3) is 5.91 Å². The van der Waals surface area contributed by atoms with Crippen molar-refractivity contribution in [3.8, 4) is 0 Å². The zero-order valence-corrected chi connectivity index (χ0v) is 10.6. The van der Waals surface area contributed by atoms with Crippen molar-refractivity contribution in [2.24, 2.45) is 0 Å². The fraction of sp³-hybridized carbons (Fsp3) is 0.500. The van der Waals surface area contributed by atoms with Crippen LogP contribution in [0.15, 0.2) is 11.3 Å². The smallest absolute Gasteiger partial charge is 0.352 e. The van der Waals surface area contributed by atoms with Gasteiger partial charge in [-0.25, -0.2) is 4.79 Å². The minimum absolute atomic E-state index is 0.103. The Morgan fingerprint density at radius 3 is 2.67 bits per heavy atom. The van der Waals surface area contributed by atoms with Gasteiger partial charge in [-0.3, -0.25) is 14.5 Å². The van der Waals surface area contributed by atoms with Crippen molar-refractivity contribution in [3.05, 3.63) is 11.3 Å². The summed E-state index contributed by atoms with van der Waals surface area (Å²) in [5.74, 6) is -2.05. The van der Waals surface area contributed by atoms with Gasteiger partial charge in [0.1, 0.15) is 11.4 Å². The van der Waals surface area contributed by atoms with Crippen molar-refractivity contribution in [2.45, 2.75) is 25.3 Å². The number of nitrogens with zero attached hydrogens (tertiary/aromatic N) is 1. The molecule has 98 valence electrons. The van der Waals surface area contributed by atoms with E-state index in [-0.39, 0.29) is 11.4 Å². The third-order valence-electron chi connectivity index (χ3n) is 2.88. The standard InChI is InChI=1S/C10H12N2O5S/c1-4-3-18(17)9-6(11-5(2)13)8(14)12(9)7(4)10(15)16/h6,9H,3H2,1-2H3,(H,11,13)(H,15,16)/t6?,9-,18?/m1/s1. The molecule has 2 aliphatic rings. The van der Waals surface area contributed by atoms with Gasteiger partial charge in [-0.15, -0.1) is 0 Å². The molecule has 2 rings (SSSR count).